The fourth-order valence-corrected chi connectivity index (χ4v) is 5.59. The average molecular weight is 541 g/mol. The van der Waals surface area contributed by atoms with E-state index >= 15 is 0 Å². The molecule has 1 aliphatic heterocycles. The van der Waals surface area contributed by atoms with Gasteiger partial charge in [0.2, 0.25) is 5.91 Å². The molecule has 1 atom stereocenters. The number of thiocarbonyl (C=S) groups is 1. The Balaban J connectivity index is 1.38. The predicted molar refractivity (Wildman–Crippen MR) is 137 cm³/mol. The highest BCUT2D eigenvalue weighted by Crippen LogP contribution is 2.33. The maximum Gasteiger partial charge on any atom is 0.242 e. The second kappa shape index (κ2) is 10.6. The molecule has 0 spiro atoms. The molecule has 1 heterocycles. The average Bonchev–Trinajstić information content (AvgIpc) is 3.03. The van der Waals surface area contributed by atoms with E-state index in [9.17, 15) is 9.18 Å². The fraction of sp³-hybridized carbons (Fsp3) is 0.167. The Labute approximate surface area is 215 Å². The largest absolute Gasteiger partial charge is 0.487 e. The quantitative estimate of drug-likeness (QED) is 0.293. The molecule has 0 saturated carbocycles. The smallest absolute Gasteiger partial charge is 0.242 e. The van der Waals surface area contributed by atoms with Gasteiger partial charge in [-0.2, -0.15) is 0 Å². The first-order valence-electron chi connectivity index (χ1n) is 9.92. The van der Waals surface area contributed by atoms with Gasteiger partial charge in [0.25, 0.3) is 0 Å². The van der Waals surface area contributed by atoms with E-state index in [0.717, 1.165) is 16.7 Å². The molecule has 0 aromatic heterocycles. The number of carbonyl (C=O) groups excluding carboxylic acids is 1. The lowest BCUT2D eigenvalue weighted by Crippen LogP contribution is -2.31. The van der Waals surface area contributed by atoms with Crippen LogP contribution in [0.1, 0.15) is 16.7 Å². The third-order valence-corrected chi connectivity index (χ3v) is 7.54. The minimum atomic E-state index is -0.339. The number of halogens is 4. The van der Waals surface area contributed by atoms with Crippen LogP contribution in [-0.4, -0.2) is 20.4 Å². The zero-order valence-corrected chi connectivity index (χ0v) is 21.0. The topological polar surface area (TPSA) is 29.5 Å². The summed E-state index contributed by atoms with van der Waals surface area (Å²) >= 11 is 25.3. The van der Waals surface area contributed by atoms with E-state index in [1.807, 2.05) is 6.07 Å². The fourth-order valence-electron chi connectivity index (χ4n) is 3.34. The number of nitrogens with zero attached hydrogens (tertiary/aromatic N) is 1. The predicted octanol–water partition coefficient (Wildman–Crippen LogP) is 7.34. The molecule has 1 aliphatic rings. The van der Waals surface area contributed by atoms with Crippen molar-refractivity contribution in [3.05, 3.63) is 98.2 Å². The van der Waals surface area contributed by atoms with Gasteiger partial charge in [-0.15, -0.1) is 0 Å². The van der Waals surface area contributed by atoms with Crippen molar-refractivity contribution in [2.75, 3.05) is 0 Å². The van der Waals surface area contributed by atoms with Gasteiger partial charge < -0.3 is 4.74 Å². The highest BCUT2D eigenvalue weighted by molar-refractivity contribution is 8.24. The maximum atomic E-state index is 13.1. The number of hydrogen-bond donors (Lipinski definition) is 0. The van der Waals surface area contributed by atoms with Gasteiger partial charge in [0.1, 0.15) is 22.5 Å². The minimum Gasteiger partial charge on any atom is -0.487 e. The summed E-state index contributed by atoms with van der Waals surface area (Å²) in [5.41, 5.74) is 2.51. The zero-order valence-electron chi connectivity index (χ0n) is 17.1. The molecule has 3 aromatic carbocycles. The van der Waals surface area contributed by atoms with Gasteiger partial charge in [-0.05, 0) is 53.9 Å². The van der Waals surface area contributed by atoms with Crippen LogP contribution in [0.25, 0.3) is 0 Å². The molecule has 1 saturated heterocycles. The van der Waals surface area contributed by atoms with Gasteiger partial charge in [0, 0.05) is 15.6 Å². The van der Waals surface area contributed by atoms with Crippen molar-refractivity contribution in [3.8, 4) is 5.75 Å². The lowest BCUT2D eigenvalue weighted by Gasteiger charge is -2.16. The van der Waals surface area contributed by atoms with Gasteiger partial charge >= 0.3 is 0 Å². The van der Waals surface area contributed by atoms with Crippen molar-refractivity contribution in [1.82, 2.24) is 4.90 Å². The SMILES string of the molecule is O=C1[C@H](Cc2ccc(OCc3ccc(Cl)cc3Cl)c(Cl)c2)SC(=S)N1Cc1ccc(F)cc1. The Bertz CT molecular complexity index is 1210. The molecular formula is C24H17Cl3FNO2S2. The van der Waals surface area contributed by atoms with Crippen LogP contribution in [-0.2, 0) is 24.4 Å². The third kappa shape index (κ3) is 6.00. The van der Waals surface area contributed by atoms with E-state index in [2.05, 4.69) is 0 Å². The Morgan fingerprint density at radius 3 is 2.39 bits per heavy atom. The van der Waals surface area contributed by atoms with Crippen LogP contribution in [0.15, 0.2) is 60.7 Å². The molecule has 0 radical (unpaired) electrons. The summed E-state index contributed by atoms with van der Waals surface area (Å²) in [7, 11) is 0. The summed E-state index contributed by atoms with van der Waals surface area (Å²) in [4.78, 5) is 14.5. The molecule has 3 nitrogen and oxygen atoms in total. The van der Waals surface area contributed by atoms with Gasteiger partial charge in [0.15, 0.2) is 0 Å². The monoisotopic (exact) mass is 539 g/mol. The van der Waals surface area contributed by atoms with Gasteiger partial charge in [0.05, 0.1) is 16.8 Å². The molecule has 1 fully saturated rings. The Kier molecular flexibility index (Phi) is 7.82. The van der Waals surface area contributed by atoms with Gasteiger partial charge in [-0.3, -0.25) is 9.69 Å². The summed E-state index contributed by atoms with van der Waals surface area (Å²) in [6.07, 6.45) is 0.479. The minimum absolute atomic E-state index is 0.0665. The first-order chi connectivity index (χ1) is 15.8. The van der Waals surface area contributed by atoms with Crippen molar-refractivity contribution in [2.45, 2.75) is 24.8 Å². The second-order valence-corrected chi connectivity index (χ2v) is 10.5. The number of amides is 1. The van der Waals surface area contributed by atoms with Crippen LogP contribution in [0.4, 0.5) is 4.39 Å². The molecule has 9 heteroatoms. The standard InChI is InChI=1S/C24H17Cl3FNO2S2/c25-17-5-4-16(19(26)11-17)13-31-21-8-3-15(9-20(21)27)10-22-23(30)29(24(32)33-22)12-14-1-6-18(28)7-2-14/h1-9,11,22H,10,12-13H2/t22-/m0/s1. The molecule has 0 aliphatic carbocycles. The van der Waals surface area contributed by atoms with E-state index in [0.29, 0.717) is 38.1 Å². The van der Waals surface area contributed by atoms with Crippen LogP contribution in [0.3, 0.4) is 0 Å². The third-order valence-electron chi connectivity index (χ3n) is 5.07. The maximum absolute atomic E-state index is 13.1. The highest BCUT2D eigenvalue weighted by Gasteiger charge is 2.36. The van der Waals surface area contributed by atoms with Crippen molar-refractivity contribution in [3.63, 3.8) is 0 Å². The first kappa shape index (κ1) is 24.3. The summed E-state index contributed by atoms with van der Waals surface area (Å²) in [5, 5.41) is 1.18. The van der Waals surface area contributed by atoms with Crippen LogP contribution >= 0.6 is 58.8 Å². The number of carbonyl (C=O) groups is 1. The lowest BCUT2D eigenvalue weighted by molar-refractivity contribution is -0.126. The van der Waals surface area contributed by atoms with Crippen molar-refractivity contribution in [2.24, 2.45) is 0 Å². The molecule has 0 unspecified atom stereocenters. The number of benzene rings is 3. The Morgan fingerprint density at radius 2 is 1.70 bits per heavy atom. The van der Waals surface area contributed by atoms with Crippen molar-refractivity contribution in [1.29, 1.82) is 0 Å². The van der Waals surface area contributed by atoms with E-state index in [-0.39, 0.29) is 23.6 Å². The number of rotatable bonds is 7. The lowest BCUT2D eigenvalue weighted by atomic mass is 10.1. The first-order valence-corrected chi connectivity index (χ1v) is 12.3. The number of ether oxygens (including phenoxy) is 1. The van der Waals surface area contributed by atoms with E-state index in [1.165, 1.54) is 23.9 Å². The van der Waals surface area contributed by atoms with E-state index < -0.39 is 0 Å². The Morgan fingerprint density at radius 1 is 0.970 bits per heavy atom. The molecule has 33 heavy (non-hydrogen) atoms. The van der Waals surface area contributed by atoms with Crippen LogP contribution in [0, 0.1) is 5.82 Å². The molecule has 4 rings (SSSR count). The van der Waals surface area contributed by atoms with Crippen LogP contribution < -0.4 is 4.74 Å². The summed E-state index contributed by atoms with van der Waals surface area (Å²) in [5.74, 6) is 0.135. The normalized spacial score (nSPS) is 15.9. The zero-order chi connectivity index (χ0) is 23.5. The molecule has 170 valence electrons. The molecule has 0 N–H and O–H groups in total. The molecule has 0 bridgehead atoms. The molecule has 3 aromatic rings. The second-order valence-electron chi connectivity index (χ2n) is 7.42. The van der Waals surface area contributed by atoms with Crippen molar-refractivity contribution < 1.29 is 13.9 Å². The van der Waals surface area contributed by atoms with Gasteiger partial charge in [-0.25, -0.2) is 4.39 Å². The Hall–Kier alpha value is -1.83. The number of hydrogen-bond acceptors (Lipinski definition) is 4. The van der Waals surface area contributed by atoms with Crippen LogP contribution in [0.5, 0.6) is 5.75 Å². The molecular weight excluding hydrogens is 524 g/mol. The van der Waals surface area contributed by atoms with Gasteiger partial charge in [-0.1, -0.05) is 83.0 Å². The highest BCUT2D eigenvalue weighted by atomic mass is 35.5. The van der Waals surface area contributed by atoms with E-state index in [4.69, 9.17) is 51.8 Å². The van der Waals surface area contributed by atoms with Crippen LogP contribution in [0.2, 0.25) is 15.1 Å². The summed E-state index contributed by atoms with van der Waals surface area (Å²) < 4.78 is 19.5. The number of thioether (sulfide) groups is 1. The summed E-state index contributed by atoms with van der Waals surface area (Å²) in [6, 6.07) is 16.7. The van der Waals surface area contributed by atoms with Crippen molar-refractivity contribution >= 4 is 69.0 Å². The summed E-state index contributed by atoms with van der Waals surface area (Å²) in [6.45, 7) is 0.570. The molecule has 1 amide bonds. The van der Waals surface area contributed by atoms with E-state index in [1.54, 1.807) is 47.4 Å².